The summed E-state index contributed by atoms with van der Waals surface area (Å²) in [5.74, 6) is 0. The van der Waals surface area contributed by atoms with E-state index in [9.17, 15) is 0 Å². The van der Waals surface area contributed by atoms with Crippen molar-refractivity contribution >= 4 is 11.3 Å². The first-order valence-electron chi connectivity index (χ1n) is 7.35. The van der Waals surface area contributed by atoms with E-state index in [4.69, 9.17) is 0 Å². The molecule has 20 heavy (non-hydrogen) atoms. The van der Waals surface area contributed by atoms with Crippen LogP contribution in [-0.4, -0.2) is 40.8 Å². The summed E-state index contributed by atoms with van der Waals surface area (Å²) in [6.07, 6.45) is 4.64. The van der Waals surface area contributed by atoms with Gasteiger partial charge in [0.05, 0.1) is 16.8 Å². The highest BCUT2D eigenvalue weighted by atomic mass is 32.1. The van der Waals surface area contributed by atoms with Gasteiger partial charge >= 0.3 is 0 Å². The first kappa shape index (κ1) is 13.8. The normalized spacial score (nSPS) is 17.6. The fourth-order valence-corrected chi connectivity index (χ4v) is 3.56. The number of rotatable bonds is 6. The van der Waals surface area contributed by atoms with Crippen LogP contribution < -0.4 is 5.32 Å². The molecular weight excluding hydrogens is 268 g/mol. The van der Waals surface area contributed by atoms with Crippen LogP contribution in [0.25, 0.3) is 10.6 Å². The number of aromatic nitrogens is 2. The van der Waals surface area contributed by atoms with Gasteiger partial charge in [0.25, 0.3) is 0 Å². The Morgan fingerprint density at radius 1 is 1.45 bits per heavy atom. The van der Waals surface area contributed by atoms with Crippen LogP contribution in [0, 0.1) is 0 Å². The highest BCUT2D eigenvalue weighted by Crippen LogP contribution is 2.25. The maximum atomic E-state index is 4.18. The molecule has 2 aromatic rings. The number of thiophene rings is 1. The van der Waals surface area contributed by atoms with Crippen molar-refractivity contribution in [1.82, 2.24) is 20.4 Å². The van der Waals surface area contributed by atoms with Crippen LogP contribution >= 0.6 is 11.3 Å². The van der Waals surface area contributed by atoms with Crippen LogP contribution in [0.1, 0.15) is 25.3 Å². The second kappa shape index (κ2) is 6.52. The highest BCUT2D eigenvalue weighted by molar-refractivity contribution is 7.13. The zero-order valence-electron chi connectivity index (χ0n) is 11.9. The summed E-state index contributed by atoms with van der Waals surface area (Å²) < 4.78 is 0. The van der Waals surface area contributed by atoms with Crippen LogP contribution in [0.5, 0.6) is 0 Å². The molecule has 1 aliphatic heterocycles. The van der Waals surface area contributed by atoms with Gasteiger partial charge in [-0.15, -0.1) is 11.3 Å². The van der Waals surface area contributed by atoms with Crippen LogP contribution in [-0.2, 0) is 6.54 Å². The Morgan fingerprint density at radius 2 is 2.30 bits per heavy atom. The number of nitrogens with zero attached hydrogens (tertiary/aromatic N) is 2. The Hall–Kier alpha value is -1.17. The van der Waals surface area contributed by atoms with Gasteiger partial charge in [0, 0.05) is 24.7 Å². The Kier molecular flexibility index (Phi) is 4.50. The second-order valence-corrected chi connectivity index (χ2v) is 6.42. The van der Waals surface area contributed by atoms with E-state index in [0.717, 1.165) is 18.8 Å². The number of nitrogens with one attached hydrogen (secondary N) is 2. The van der Waals surface area contributed by atoms with Crippen molar-refractivity contribution in [2.45, 2.75) is 32.4 Å². The minimum atomic E-state index is 0.620. The van der Waals surface area contributed by atoms with Crippen LogP contribution in [0.3, 0.4) is 0 Å². The summed E-state index contributed by atoms with van der Waals surface area (Å²) in [6, 6.07) is 4.83. The summed E-state index contributed by atoms with van der Waals surface area (Å²) in [5, 5.41) is 13.0. The Bertz CT molecular complexity index is 514. The van der Waals surface area contributed by atoms with Gasteiger partial charge in [0.1, 0.15) is 0 Å². The van der Waals surface area contributed by atoms with Gasteiger partial charge < -0.3 is 5.32 Å². The quantitative estimate of drug-likeness (QED) is 0.860. The van der Waals surface area contributed by atoms with Crippen molar-refractivity contribution in [3.05, 3.63) is 29.3 Å². The van der Waals surface area contributed by atoms with Gasteiger partial charge in [-0.2, -0.15) is 5.10 Å². The van der Waals surface area contributed by atoms with Crippen molar-refractivity contribution in [2.75, 3.05) is 19.6 Å². The Labute approximate surface area is 124 Å². The van der Waals surface area contributed by atoms with Gasteiger partial charge in [0.15, 0.2) is 0 Å². The maximum Gasteiger partial charge on any atom is 0.0794 e. The van der Waals surface area contributed by atoms with Gasteiger partial charge in [-0.3, -0.25) is 10.00 Å². The molecule has 5 heteroatoms. The standard InChI is InChI=1S/C15H22N4S/c1-12(19-6-2-3-7-19)9-16-10-13-11-17-18-15(13)14-5-4-8-20-14/h4-5,8,11-12,16H,2-3,6-7,9-10H2,1H3,(H,17,18)/t12-/m0/s1. The van der Waals surface area contributed by atoms with Crippen molar-refractivity contribution in [3.8, 4) is 10.6 Å². The van der Waals surface area contributed by atoms with E-state index in [1.807, 2.05) is 6.20 Å². The van der Waals surface area contributed by atoms with E-state index in [1.165, 1.54) is 36.4 Å². The van der Waals surface area contributed by atoms with E-state index >= 15 is 0 Å². The zero-order chi connectivity index (χ0) is 13.8. The number of aromatic amines is 1. The molecule has 0 unspecified atom stereocenters. The predicted octanol–water partition coefficient (Wildman–Crippen LogP) is 2.71. The molecule has 3 heterocycles. The fourth-order valence-electron chi connectivity index (χ4n) is 2.81. The Morgan fingerprint density at radius 3 is 3.05 bits per heavy atom. The van der Waals surface area contributed by atoms with Gasteiger partial charge in [-0.25, -0.2) is 0 Å². The van der Waals surface area contributed by atoms with Crippen LogP contribution in [0.2, 0.25) is 0 Å². The molecule has 0 amide bonds. The van der Waals surface area contributed by atoms with E-state index in [2.05, 4.69) is 44.9 Å². The van der Waals surface area contributed by atoms with Crippen molar-refractivity contribution in [1.29, 1.82) is 0 Å². The smallest absolute Gasteiger partial charge is 0.0794 e. The number of hydrogen-bond acceptors (Lipinski definition) is 4. The number of likely N-dealkylation sites (tertiary alicyclic amines) is 1. The first-order valence-corrected chi connectivity index (χ1v) is 8.23. The minimum Gasteiger partial charge on any atom is -0.311 e. The zero-order valence-corrected chi connectivity index (χ0v) is 12.7. The fraction of sp³-hybridized carbons (Fsp3) is 0.533. The SMILES string of the molecule is C[C@@H](CNCc1cn[nH]c1-c1cccs1)N1CCCC1. The van der Waals surface area contributed by atoms with E-state index in [-0.39, 0.29) is 0 Å². The molecule has 1 fully saturated rings. The molecule has 0 radical (unpaired) electrons. The molecule has 1 aliphatic rings. The summed E-state index contributed by atoms with van der Waals surface area (Å²) in [6.45, 7) is 6.74. The lowest BCUT2D eigenvalue weighted by molar-refractivity contribution is 0.251. The highest BCUT2D eigenvalue weighted by Gasteiger charge is 2.17. The predicted molar refractivity (Wildman–Crippen MR) is 83.9 cm³/mol. The summed E-state index contributed by atoms with van der Waals surface area (Å²) in [4.78, 5) is 3.83. The molecular formula is C15H22N4S. The Balaban J connectivity index is 1.53. The average Bonchev–Trinajstić information content (AvgIpc) is 3.20. The molecule has 0 spiro atoms. The molecule has 4 nitrogen and oxygen atoms in total. The number of hydrogen-bond donors (Lipinski definition) is 2. The van der Waals surface area contributed by atoms with Gasteiger partial charge in [-0.1, -0.05) is 6.07 Å². The molecule has 2 aromatic heterocycles. The van der Waals surface area contributed by atoms with Crippen molar-refractivity contribution < 1.29 is 0 Å². The second-order valence-electron chi connectivity index (χ2n) is 5.47. The van der Waals surface area contributed by atoms with E-state index in [0.29, 0.717) is 6.04 Å². The summed E-state index contributed by atoms with van der Waals surface area (Å²) >= 11 is 1.75. The van der Waals surface area contributed by atoms with Crippen LogP contribution in [0.4, 0.5) is 0 Å². The third-order valence-electron chi connectivity index (χ3n) is 4.00. The largest absolute Gasteiger partial charge is 0.311 e. The molecule has 3 rings (SSSR count). The first-order chi connectivity index (χ1) is 9.84. The molecule has 0 saturated carbocycles. The van der Waals surface area contributed by atoms with Gasteiger partial charge in [-0.05, 0) is 44.3 Å². The van der Waals surface area contributed by atoms with E-state index < -0.39 is 0 Å². The number of H-pyrrole nitrogens is 1. The van der Waals surface area contributed by atoms with Gasteiger partial charge in [0.2, 0.25) is 0 Å². The third kappa shape index (κ3) is 3.11. The summed E-state index contributed by atoms with van der Waals surface area (Å²) in [5.41, 5.74) is 2.40. The third-order valence-corrected chi connectivity index (χ3v) is 4.89. The molecule has 1 saturated heterocycles. The van der Waals surface area contributed by atoms with Crippen molar-refractivity contribution in [2.24, 2.45) is 0 Å². The molecule has 0 aliphatic carbocycles. The lowest BCUT2D eigenvalue weighted by Crippen LogP contribution is -2.38. The molecule has 0 bridgehead atoms. The van der Waals surface area contributed by atoms with Crippen molar-refractivity contribution in [3.63, 3.8) is 0 Å². The van der Waals surface area contributed by atoms with E-state index in [1.54, 1.807) is 11.3 Å². The maximum absolute atomic E-state index is 4.18. The molecule has 0 aromatic carbocycles. The van der Waals surface area contributed by atoms with Crippen LogP contribution in [0.15, 0.2) is 23.7 Å². The lowest BCUT2D eigenvalue weighted by Gasteiger charge is -2.23. The summed E-state index contributed by atoms with van der Waals surface area (Å²) in [7, 11) is 0. The topological polar surface area (TPSA) is 44.0 Å². The average molecular weight is 290 g/mol. The molecule has 1 atom stereocenters. The molecule has 2 N–H and O–H groups in total. The monoisotopic (exact) mass is 290 g/mol. The lowest BCUT2D eigenvalue weighted by atomic mass is 10.2. The minimum absolute atomic E-state index is 0.620. The molecule has 108 valence electrons.